The molecule has 96 valence electrons. The molecule has 0 aromatic heterocycles. The van der Waals surface area contributed by atoms with Crippen molar-refractivity contribution in [2.45, 2.75) is 37.3 Å². The summed E-state index contributed by atoms with van der Waals surface area (Å²) in [6, 6.07) is 0.137. The van der Waals surface area contributed by atoms with E-state index in [0.717, 1.165) is 25.9 Å². The number of nitrogens with two attached hydrogens (primary N) is 1. The number of urea groups is 1. The molecular weight excluding hydrogens is 218 g/mol. The zero-order chi connectivity index (χ0) is 12.5. The van der Waals surface area contributed by atoms with E-state index in [2.05, 4.69) is 15.5 Å². The largest absolute Gasteiger partial charge is 0.386 e. The zero-order valence-corrected chi connectivity index (χ0v) is 10.3. The van der Waals surface area contributed by atoms with Crippen molar-refractivity contribution in [2.75, 3.05) is 20.1 Å². The third-order valence-electron chi connectivity index (χ3n) is 3.62. The number of nitrogens with one attached hydrogen (secondary N) is 3. The number of nitrogens with zero attached hydrogens (tertiary/aromatic N) is 1. The fraction of sp³-hybridized carbons (Fsp3) is 0.818. The maximum Gasteiger partial charge on any atom is 0.315 e. The summed E-state index contributed by atoms with van der Waals surface area (Å²) >= 11 is 0. The van der Waals surface area contributed by atoms with Gasteiger partial charge in [0.15, 0.2) is 0 Å². The lowest BCUT2D eigenvalue weighted by atomic mass is 9.86. The average Bonchev–Trinajstić information content (AvgIpc) is 3.05. The van der Waals surface area contributed by atoms with Gasteiger partial charge in [0.1, 0.15) is 11.4 Å². The van der Waals surface area contributed by atoms with Crippen LogP contribution < -0.4 is 16.4 Å². The van der Waals surface area contributed by atoms with E-state index in [1.807, 2.05) is 7.05 Å². The van der Waals surface area contributed by atoms with Gasteiger partial charge in [0.25, 0.3) is 0 Å². The van der Waals surface area contributed by atoms with E-state index in [9.17, 15) is 4.79 Å². The second-order valence-electron chi connectivity index (χ2n) is 5.17. The number of piperidine rings is 1. The third-order valence-corrected chi connectivity index (χ3v) is 3.62. The highest BCUT2D eigenvalue weighted by Gasteiger charge is 2.39. The van der Waals surface area contributed by atoms with E-state index in [-0.39, 0.29) is 11.9 Å². The normalized spacial score (nSPS) is 24.1. The van der Waals surface area contributed by atoms with Crippen molar-refractivity contribution in [1.82, 2.24) is 15.5 Å². The van der Waals surface area contributed by atoms with Crippen LogP contribution in [0.25, 0.3) is 0 Å². The molecule has 0 aromatic rings. The summed E-state index contributed by atoms with van der Waals surface area (Å²) in [4.78, 5) is 13.9. The minimum Gasteiger partial charge on any atom is -0.386 e. The number of amidine groups is 1. The van der Waals surface area contributed by atoms with Crippen LogP contribution in [0.3, 0.4) is 0 Å². The summed E-state index contributed by atoms with van der Waals surface area (Å²) in [7, 11) is 2.04. The van der Waals surface area contributed by atoms with Crippen LogP contribution in [0.15, 0.2) is 0 Å². The molecule has 0 atom stereocenters. The van der Waals surface area contributed by atoms with Gasteiger partial charge < -0.3 is 21.3 Å². The van der Waals surface area contributed by atoms with Crippen molar-refractivity contribution >= 4 is 11.9 Å². The summed E-state index contributed by atoms with van der Waals surface area (Å²) in [5, 5.41) is 13.5. The van der Waals surface area contributed by atoms with E-state index in [0.29, 0.717) is 18.9 Å². The minimum absolute atomic E-state index is 0.0662. The van der Waals surface area contributed by atoms with Crippen LogP contribution in [0.2, 0.25) is 0 Å². The first-order valence-electron chi connectivity index (χ1n) is 6.13. The number of carbonyl (C=O) groups excluding carboxylic acids is 1. The molecule has 0 bridgehead atoms. The Hall–Kier alpha value is -1.30. The van der Waals surface area contributed by atoms with Crippen LogP contribution in [-0.4, -0.2) is 48.5 Å². The molecule has 6 heteroatoms. The highest BCUT2D eigenvalue weighted by atomic mass is 16.2. The first-order valence-corrected chi connectivity index (χ1v) is 6.13. The third kappa shape index (κ3) is 2.88. The Bertz CT molecular complexity index is 318. The fourth-order valence-electron chi connectivity index (χ4n) is 2.13. The van der Waals surface area contributed by atoms with Crippen LogP contribution >= 0.6 is 0 Å². The molecule has 6 nitrogen and oxygen atoms in total. The maximum absolute atomic E-state index is 11.8. The van der Waals surface area contributed by atoms with Crippen LogP contribution in [0.4, 0.5) is 4.79 Å². The standard InChI is InChI=1S/C11H21N5O/c1-16-6-4-11(5-7-16,9(12)13)15-10(17)14-8-2-3-8/h8H,2-7H2,1H3,(H3,12,13)(H2,14,15,17). The summed E-state index contributed by atoms with van der Waals surface area (Å²) in [6.45, 7) is 1.70. The molecule has 0 unspecified atom stereocenters. The molecule has 0 radical (unpaired) electrons. The van der Waals surface area contributed by atoms with Crippen molar-refractivity contribution < 1.29 is 4.79 Å². The average molecular weight is 239 g/mol. The molecule has 1 saturated heterocycles. The Morgan fingerprint density at radius 2 is 2.00 bits per heavy atom. The van der Waals surface area contributed by atoms with Gasteiger partial charge in [-0.25, -0.2) is 4.79 Å². The zero-order valence-electron chi connectivity index (χ0n) is 10.3. The quantitative estimate of drug-likeness (QED) is 0.407. The van der Waals surface area contributed by atoms with E-state index >= 15 is 0 Å². The molecule has 1 heterocycles. The van der Waals surface area contributed by atoms with E-state index in [1.54, 1.807) is 0 Å². The highest BCUT2D eigenvalue weighted by molar-refractivity contribution is 5.92. The van der Waals surface area contributed by atoms with E-state index in [1.165, 1.54) is 0 Å². The molecule has 2 rings (SSSR count). The van der Waals surface area contributed by atoms with Gasteiger partial charge >= 0.3 is 6.03 Å². The van der Waals surface area contributed by atoms with Crippen LogP contribution in [-0.2, 0) is 0 Å². The first kappa shape index (κ1) is 12.2. The van der Waals surface area contributed by atoms with Crippen molar-refractivity contribution in [3.05, 3.63) is 0 Å². The molecule has 1 aliphatic heterocycles. The number of rotatable bonds is 3. The van der Waals surface area contributed by atoms with E-state index in [4.69, 9.17) is 11.1 Å². The number of likely N-dealkylation sites (tertiary alicyclic amines) is 1. The lowest BCUT2D eigenvalue weighted by Gasteiger charge is -2.40. The number of carbonyl (C=O) groups is 1. The Morgan fingerprint density at radius 1 is 1.41 bits per heavy atom. The van der Waals surface area contributed by atoms with Gasteiger partial charge in [-0.1, -0.05) is 0 Å². The van der Waals surface area contributed by atoms with Crippen molar-refractivity contribution in [1.29, 1.82) is 5.41 Å². The van der Waals surface area contributed by atoms with Gasteiger partial charge in [0.05, 0.1) is 0 Å². The molecule has 1 saturated carbocycles. The second-order valence-corrected chi connectivity index (χ2v) is 5.17. The maximum atomic E-state index is 11.8. The van der Waals surface area contributed by atoms with Gasteiger partial charge in [0.2, 0.25) is 0 Å². The molecule has 5 N–H and O–H groups in total. The van der Waals surface area contributed by atoms with Crippen molar-refractivity contribution in [3.8, 4) is 0 Å². The van der Waals surface area contributed by atoms with Gasteiger partial charge in [-0.05, 0) is 32.7 Å². The number of hydrogen-bond acceptors (Lipinski definition) is 3. The van der Waals surface area contributed by atoms with Crippen LogP contribution in [0.5, 0.6) is 0 Å². The topological polar surface area (TPSA) is 94.2 Å². The molecule has 0 spiro atoms. The van der Waals surface area contributed by atoms with Gasteiger partial charge in [-0.3, -0.25) is 5.41 Å². The van der Waals surface area contributed by atoms with Crippen LogP contribution in [0, 0.1) is 5.41 Å². The second kappa shape index (κ2) is 4.52. The molecule has 17 heavy (non-hydrogen) atoms. The Labute approximate surface area is 101 Å². The Kier molecular flexibility index (Phi) is 3.24. The predicted molar refractivity (Wildman–Crippen MR) is 66.1 cm³/mol. The molecule has 2 aliphatic rings. The van der Waals surface area contributed by atoms with E-state index < -0.39 is 5.54 Å². The lowest BCUT2D eigenvalue weighted by Crippen LogP contribution is -2.63. The minimum atomic E-state index is -0.647. The Balaban J connectivity index is 1.95. The van der Waals surface area contributed by atoms with Gasteiger partial charge in [-0.15, -0.1) is 0 Å². The summed E-state index contributed by atoms with van der Waals surface area (Å²) in [5.74, 6) is 0.0662. The summed E-state index contributed by atoms with van der Waals surface area (Å²) < 4.78 is 0. The van der Waals surface area contributed by atoms with Crippen molar-refractivity contribution in [2.24, 2.45) is 5.73 Å². The SMILES string of the molecule is CN1CCC(NC(=O)NC2CC2)(C(=N)N)CC1. The molecule has 1 aliphatic carbocycles. The predicted octanol–water partition coefficient (Wildman–Crippen LogP) is -0.152. The summed E-state index contributed by atoms with van der Waals surface area (Å²) in [6.07, 6.45) is 3.53. The highest BCUT2D eigenvalue weighted by Crippen LogP contribution is 2.22. The molecule has 2 fully saturated rings. The van der Waals surface area contributed by atoms with Gasteiger partial charge in [-0.2, -0.15) is 0 Å². The van der Waals surface area contributed by atoms with Gasteiger partial charge in [0, 0.05) is 19.1 Å². The molecule has 0 aromatic carbocycles. The number of amides is 2. The monoisotopic (exact) mass is 239 g/mol. The summed E-state index contributed by atoms with van der Waals surface area (Å²) in [5.41, 5.74) is 5.02. The Morgan fingerprint density at radius 3 is 2.47 bits per heavy atom. The molecular formula is C11H21N5O. The fourth-order valence-corrected chi connectivity index (χ4v) is 2.13. The lowest BCUT2D eigenvalue weighted by molar-refractivity contribution is 0.192. The van der Waals surface area contributed by atoms with Crippen molar-refractivity contribution in [3.63, 3.8) is 0 Å². The first-order chi connectivity index (χ1) is 8.02. The van der Waals surface area contributed by atoms with Crippen LogP contribution in [0.1, 0.15) is 25.7 Å². The smallest absolute Gasteiger partial charge is 0.315 e. The molecule has 2 amide bonds. The number of hydrogen-bond donors (Lipinski definition) is 4.